The van der Waals surface area contributed by atoms with Crippen molar-refractivity contribution >= 4 is 50.5 Å². The van der Waals surface area contributed by atoms with E-state index in [-0.39, 0.29) is 17.7 Å². The third kappa shape index (κ3) is 5.30. The molecule has 28 heavy (non-hydrogen) atoms. The SMILES string of the molecule is CC(C)NC(=O)NC(=O)CSc1nc(-c2ccc(Br)cc2)nc2ccccc12. The van der Waals surface area contributed by atoms with Crippen molar-refractivity contribution in [3.05, 3.63) is 53.0 Å². The molecule has 2 aromatic carbocycles. The quantitative estimate of drug-likeness (QED) is 0.437. The summed E-state index contributed by atoms with van der Waals surface area (Å²) in [5.74, 6) is 0.287. The number of aromatic nitrogens is 2. The molecule has 1 aromatic heterocycles. The largest absolute Gasteiger partial charge is 0.336 e. The van der Waals surface area contributed by atoms with Crippen molar-refractivity contribution in [2.75, 3.05) is 5.75 Å². The standard InChI is InChI=1S/C20H19BrN4O2S/c1-12(2)22-20(27)24-17(26)11-28-19-15-5-3-4-6-16(15)23-18(25-19)13-7-9-14(21)10-8-13/h3-10,12H,11H2,1-2H3,(H2,22,24,26,27). The molecule has 1 heterocycles. The predicted octanol–water partition coefficient (Wildman–Crippen LogP) is 4.39. The maximum Gasteiger partial charge on any atom is 0.321 e. The fraction of sp³-hybridized carbons (Fsp3) is 0.200. The molecule has 0 atom stereocenters. The molecule has 2 N–H and O–H groups in total. The number of imide groups is 1. The van der Waals surface area contributed by atoms with Crippen molar-refractivity contribution in [2.24, 2.45) is 0 Å². The molecule has 0 unspecified atom stereocenters. The van der Waals surface area contributed by atoms with Crippen LogP contribution >= 0.6 is 27.7 Å². The molecule has 0 saturated heterocycles. The molecular weight excluding hydrogens is 440 g/mol. The average Bonchev–Trinajstić information content (AvgIpc) is 2.65. The van der Waals surface area contributed by atoms with Gasteiger partial charge in [0.2, 0.25) is 5.91 Å². The van der Waals surface area contributed by atoms with E-state index in [1.54, 1.807) is 0 Å². The maximum absolute atomic E-state index is 12.1. The number of amides is 3. The van der Waals surface area contributed by atoms with E-state index >= 15 is 0 Å². The summed E-state index contributed by atoms with van der Waals surface area (Å²) in [6.45, 7) is 3.66. The zero-order valence-electron chi connectivity index (χ0n) is 15.4. The van der Waals surface area contributed by atoms with Crippen LogP contribution in [0.4, 0.5) is 4.79 Å². The summed E-state index contributed by atoms with van der Waals surface area (Å²) in [6, 6.07) is 14.9. The molecule has 3 amide bonds. The molecule has 0 saturated carbocycles. The number of thioether (sulfide) groups is 1. The van der Waals surface area contributed by atoms with Crippen molar-refractivity contribution < 1.29 is 9.59 Å². The number of hydrogen-bond acceptors (Lipinski definition) is 5. The van der Waals surface area contributed by atoms with Crippen LogP contribution in [-0.4, -0.2) is 33.7 Å². The van der Waals surface area contributed by atoms with Gasteiger partial charge in [0.05, 0.1) is 11.3 Å². The summed E-state index contributed by atoms with van der Waals surface area (Å²) in [7, 11) is 0. The topological polar surface area (TPSA) is 84.0 Å². The lowest BCUT2D eigenvalue weighted by Crippen LogP contribution is -2.43. The summed E-state index contributed by atoms with van der Waals surface area (Å²) < 4.78 is 0.975. The van der Waals surface area contributed by atoms with Gasteiger partial charge in [0.1, 0.15) is 5.03 Å². The Kier molecular flexibility index (Phi) is 6.64. The molecule has 3 rings (SSSR count). The van der Waals surface area contributed by atoms with Gasteiger partial charge < -0.3 is 5.32 Å². The van der Waals surface area contributed by atoms with Crippen LogP contribution in [-0.2, 0) is 4.79 Å². The smallest absolute Gasteiger partial charge is 0.321 e. The summed E-state index contributed by atoms with van der Waals surface area (Å²) in [6.07, 6.45) is 0. The first-order valence-corrected chi connectivity index (χ1v) is 10.5. The van der Waals surface area contributed by atoms with Crippen LogP contribution < -0.4 is 10.6 Å². The predicted molar refractivity (Wildman–Crippen MR) is 115 cm³/mol. The van der Waals surface area contributed by atoms with E-state index in [9.17, 15) is 9.59 Å². The molecule has 0 spiro atoms. The average molecular weight is 459 g/mol. The summed E-state index contributed by atoms with van der Waals surface area (Å²) in [4.78, 5) is 33.1. The van der Waals surface area contributed by atoms with Gasteiger partial charge in [0.15, 0.2) is 5.82 Å². The fourth-order valence-electron chi connectivity index (χ4n) is 2.48. The molecule has 0 radical (unpaired) electrons. The Hall–Kier alpha value is -2.45. The number of benzene rings is 2. The second-order valence-electron chi connectivity index (χ2n) is 6.34. The third-order valence-corrected chi connectivity index (χ3v) is 5.20. The second kappa shape index (κ2) is 9.16. The van der Waals surface area contributed by atoms with Crippen molar-refractivity contribution in [3.63, 3.8) is 0 Å². The van der Waals surface area contributed by atoms with Crippen LogP contribution in [0.2, 0.25) is 0 Å². The van der Waals surface area contributed by atoms with Crippen molar-refractivity contribution in [3.8, 4) is 11.4 Å². The first-order valence-electron chi connectivity index (χ1n) is 8.68. The van der Waals surface area contributed by atoms with Crippen LogP contribution in [0.25, 0.3) is 22.3 Å². The Bertz CT molecular complexity index is 1010. The summed E-state index contributed by atoms with van der Waals surface area (Å²) in [5.41, 5.74) is 1.69. The van der Waals surface area contributed by atoms with Crippen LogP contribution in [0.3, 0.4) is 0 Å². The number of carbonyl (C=O) groups is 2. The zero-order valence-corrected chi connectivity index (χ0v) is 17.8. The van der Waals surface area contributed by atoms with Gasteiger partial charge in [-0.15, -0.1) is 0 Å². The van der Waals surface area contributed by atoms with E-state index in [2.05, 4.69) is 36.5 Å². The van der Waals surface area contributed by atoms with Gasteiger partial charge in [0, 0.05) is 21.5 Å². The number of rotatable bonds is 5. The molecule has 0 bridgehead atoms. The summed E-state index contributed by atoms with van der Waals surface area (Å²) in [5, 5.41) is 6.52. The number of halogens is 1. The number of fused-ring (bicyclic) bond motifs is 1. The van der Waals surface area contributed by atoms with E-state index in [0.29, 0.717) is 10.9 Å². The van der Waals surface area contributed by atoms with Crippen molar-refractivity contribution in [1.29, 1.82) is 0 Å². The number of nitrogens with zero attached hydrogens (tertiary/aromatic N) is 2. The van der Waals surface area contributed by atoms with Crippen LogP contribution in [0.1, 0.15) is 13.8 Å². The molecule has 8 heteroatoms. The minimum absolute atomic E-state index is 0.0419. The highest BCUT2D eigenvalue weighted by atomic mass is 79.9. The number of nitrogens with one attached hydrogen (secondary N) is 2. The van der Waals surface area contributed by atoms with Gasteiger partial charge in [-0.1, -0.05) is 58.0 Å². The first-order chi connectivity index (χ1) is 13.4. The van der Waals surface area contributed by atoms with Gasteiger partial charge in [-0.3, -0.25) is 10.1 Å². The van der Waals surface area contributed by atoms with E-state index in [1.807, 2.05) is 62.4 Å². The Morgan fingerprint density at radius 3 is 2.50 bits per heavy atom. The second-order valence-corrected chi connectivity index (χ2v) is 8.22. The van der Waals surface area contributed by atoms with E-state index in [1.165, 1.54) is 11.8 Å². The van der Waals surface area contributed by atoms with Crippen LogP contribution in [0, 0.1) is 0 Å². The summed E-state index contributed by atoms with van der Waals surface area (Å²) >= 11 is 4.70. The van der Waals surface area contributed by atoms with E-state index in [4.69, 9.17) is 0 Å². The van der Waals surface area contributed by atoms with Crippen LogP contribution in [0.15, 0.2) is 58.0 Å². The Balaban J connectivity index is 1.82. The third-order valence-electron chi connectivity index (χ3n) is 3.68. The Morgan fingerprint density at radius 1 is 1.07 bits per heavy atom. The van der Waals surface area contributed by atoms with E-state index < -0.39 is 6.03 Å². The highest BCUT2D eigenvalue weighted by molar-refractivity contribution is 9.10. The van der Waals surface area contributed by atoms with Gasteiger partial charge in [-0.05, 0) is 32.0 Å². The highest BCUT2D eigenvalue weighted by Gasteiger charge is 2.13. The van der Waals surface area contributed by atoms with Crippen LogP contribution in [0.5, 0.6) is 0 Å². The van der Waals surface area contributed by atoms with Gasteiger partial charge in [-0.2, -0.15) is 0 Å². The lowest BCUT2D eigenvalue weighted by molar-refractivity contribution is -0.117. The minimum Gasteiger partial charge on any atom is -0.336 e. The molecule has 0 fully saturated rings. The molecule has 0 aliphatic rings. The highest BCUT2D eigenvalue weighted by Crippen LogP contribution is 2.28. The van der Waals surface area contributed by atoms with Gasteiger partial charge >= 0.3 is 6.03 Å². The fourth-order valence-corrected chi connectivity index (χ4v) is 3.56. The zero-order chi connectivity index (χ0) is 20.1. The lowest BCUT2D eigenvalue weighted by atomic mass is 10.2. The molecule has 144 valence electrons. The monoisotopic (exact) mass is 458 g/mol. The van der Waals surface area contributed by atoms with Crippen molar-refractivity contribution in [2.45, 2.75) is 24.9 Å². The molecular formula is C20H19BrN4O2S. The number of carbonyl (C=O) groups excluding carboxylic acids is 2. The van der Waals surface area contributed by atoms with E-state index in [0.717, 1.165) is 20.9 Å². The molecule has 6 nitrogen and oxygen atoms in total. The molecule has 0 aliphatic carbocycles. The Labute approximate surface area is 175 Å². The lowest BCUT2D eigenvalue weighted by Gasteiger charge is -2.10. The Morgan fingerprint density at radius 2 is 1.79 bits per heavy atom. The molecule has 0 aliphatic heterocycles. The number of hydrogen-bond donors (Lipinski definition) is 2. The van der Waals surface area contributed by atoms with Gasteiger partial charge in [-0.25, -0.2) is 14.8 Å². The van der Waals surface area contributed by atoms with Gasteiger partial charge in [0.25, 0.3) is 0 Å². The number of urea groups is 1. The first kappa shape index (κ1) is 20.3. The normalized spacial score (nSPS) is 10.9. The molecule has 3 aromatic rings. The number of para-hydroxylation sites is 1. The maximum atomic E-state index is 12.1. The minimum atomic E-state index is -0.497. The van der Waals surface area contributed by atoms with Crippen molar-refractivity contribution in [1.82, 2.24) is 20.6 Å².